The van der Waals surface area contributed by atoms with Crippen molar-refractivity contribution in [2.24, 2.45) is 5.73 Å². The summed E-state index contributed by atoms with van der Waals surface area (Å²) >= 11 is 0. The number of hydrogen-bond donors (Lipinski definition) is 3. The van der Waals surface area contributed by atoms with E-state index < -0.39 is 5.54 Å². The summed E-state index contributed by atoms with van der Waals surface area (Å²) in [4.78, 5) is 7.30. The Labute approximate surface area is 81.8 Å². The van der Waals surface area contributed by atoms with E-state index in [2.05, 4.69) is 9.97 Å². The molecule has 4 N–H and O–H groups in total. The number of aromatic nitrogens is 2. The molecular formula is C10H13N3O. The first-order valence-electron chi connectivity index (χ1n) is 4.47. The van der Waals surface area contributed by atoms with Crippen molar-refractivity contribution < 1.29 is 5.11 Å². The van der Waals surface area contributed by atoms with Crippen molar-refractivity contribution in [1.29, 1.82) is 0 Å². The van der Waals surface area contributed by atoms with Crippen LogP contribution in [0.1, 0.15) is 12.6 Å². The zero-order chi connectivity index (χ0) is 10.2. The second kappa shape index (κ2) is 3.08. The Bertz CT molecular complexity index is 447. The first-order chi connectivity index (χ1) is 6.65. The van der Waals surface area contributed by atoms with Crippen LogP contribution in [-0.2, 0) is 5.54 Å². The number of aliphatic hydroxyl groups excluding tert-OH is 1. The van der Waals surface area contributed by atoms with Gasteiger partial charge in [-0.05, 0) is 19.1 Å². The van der Waals surface area contributed by atoms with Crippen LogP contribution < -0.4 is 5.73 Å². The highest BCUT2D eigenvalue weighted by atomic mass is 16.3. The maximum Gasteiger partial charge on any atom is 0.0796 e. The summed E-state index contributed by atoms with van der Waals surface area (Å²) < 4.78 is 0. The average Bonchev–Trinajstić information content (AvgIpc) is 2.64. The Balaban J connectivity index is 2.67. The number of nitrogens with two attached hydrogens (primary N) is 1. The molecule has 0 bridgehead atoms. The van der Waals surface area contributed by atoms with E-state index in [1.807, 2.05) is 18.3 Å². The molecule has 0 aliphatic rings. The molecule has 4 nitrogen and oxygen atoms in total. The fourth-order valence-corrected chi connectivity index (χ4v) is 1.51. The molecule has 0 radical (unpaired) electrons. The van der Waals surface area contributed by atoms with E-state index in [-0.39, 0.29) is 6.61 Å². The summed E-state index contributed by atoms with van der Waals surface area (Å²) in [5.41, 5.74) is 6.85. The molecule has 0 saturated carbocycles. The van der Waals surface area contributed by atoms with Crippen LogP contribution in [0.3, 0.4) is 0 Å². The van der Waals surface area contributed by atoms with Gasteiger partial charge >= 0.3 is 0 Å². The molecule has 4 heteroatoms. The second-order valence-electron chi connectivity index (χ2n) is 3.67. The predicted molar refractivity (Wildman–Crippen MR) is 54.7 cm³/mol. The van der Waals surface area contributed by atoms with Crippen molar-refractivity contribution in [3.05, 3.63) is 30.2 Å². The van der Waals surface area contributed by atoms with Crippen LogP contribution in [0, 0.1) is 0 Å². The summed E-state index contributed by atoms with van der Waals surface area (Å²) in [6, 6.07) is 3.80. The Morgan fingerprint density at radius 1 is 1.57 bits per heavy atom. The highest BCUT2D eigenvalue weighted by molar-refractivity contribution is 5.82. The van der Waals surface area contributed by atoms with Gasteiger partial charge in [0.2, 0.25) is 0 Å². The molecule has 0 saturated heterocycles. The van der Waals surface area contributed by atoms with Crippen molar-refractivity contribution >= 4 is 10.9 Å². The number of nitrogens with one attached hydrogen (secondary N) is 1. The van der Waals surface area contributed by atoms with Crippen LogP contribution in [0.25, 0.3) is 10.9 Å². The van der Waals surface area contributed by atoms with Crippen LogP contribution in [-0.4, -0.2) is 21.7 Å². The van der Waals surface area contributed by atoms with Gasteiger partial charge < -0.3 is 15.8 Å². The Hall–Kier alpha value is -1.39. The lowest BCUT2D eigenvalue weighted by Gasteiger charge is -2.21. The largest absolute Gasteiger partial charge is 0.394 e. The fourth-order valence-electron chi connectivity index (χ4n) is 1.51. The maximum atomic E-state index is 9.17. The van der Waals surface area contributed by atoms with Crippen LogP contribution in [0.2, 0.25) is 0 Å². The third-order valence-electron chi connectivity index (χ3n) is 2.35. The van der Waals surface area contributed by atoms with E-state index in [1.165, 1.54) is 0 Å². The van der Waals surface area contributed by atoms with Gasteiger partial charge in [0.15, 0.2) is 0 Å². The van der Waals surface area contributed by atoms with E-state index >= 15 is 0 Å². The maximum absolute atomic E-state index is 9.17. The van der Waals surface area contributed by atoms with E-state index in [9.17, 15) is 0 Å². The number of rotatable bonds is 2. The second-order valence-corrected chi connectivity index (χ2v) is 3.67. The van der Waals surface area contributed by atoms with Crippen LogP contribution in [0.4, 0.5) is 0 Å². The van der Waals surface area contributed by atoms with Crippen molar-refractivity contribution in [2.75, 3.05) is 6.61 Å². The van der Waals surface area contributed by atoms with Crippen LogP contribution in [0.15, 0.2) is 24.5 Å². The quantitative estimate of drug-likeness (QED) is 0.655. The SMILES string of the molecule is CC(N)(CO)c1nccc2[nH]ccc12. The molecule has 74 valence electrons. The summed E-state index contributed by atoms with van der Waals surface area (Å²) in [7, 11) is 0. The van der Waals surface area contributed by atoms with E-state index in [4.69, 9.17) is 10.8 Å². The number of fused-ring (bicyclic) bond motifs is 1. The summed E-state index contributed by atoms with van der Waals surface area (Å²) in [5, 5.41) is 10.1. The zero-order valence-electron chi connectivity index (χ0n) is 7.99. The van der Waals surface area contributed by atoms with Gasteiger partial charge in [0.05, 0.1) is 17.8 Å². The minimum atomic E-state index is -0.790. The molecule has 0 aliphatic heterocycles. The smallest absolute Gasteiger partial charge is 0.0796 e. The third kappa shape index (κ3) is 1.29. The minimum Gasteiger partial charge on any atom is -0.394 e. The molecule has 14 heavy (non-hydrogen) atoms. The van der Waals surface area contributed by atoms with Gasteiger partial charge in [-0.25, -0.2) is 0 Å². The monoisotopic (exact) mass is 191 g/mol. The predicted octanol–water partition coefficient (Wildman–Crippen LogP) is 0.729. The molecule has 0 amide bonds. The highest BCUT2D eigenvalue weighted by Crippen LogP contribution is 2.23. The van der Waals surface area contributed by atoms with Gasteiger partial charge in [-0.15, -0.1) is 0 Å². The average molecular weight is 191 g/mol. The lowest BCUT2D eigenvalue weighted by Crippen LogP contribution is -2.38. The first-order valence-corrected chi connectivity index (χ1v) is 4.47. The van der Waals surface area contributed by atoms with Crippen molar-refractivity contribution in [2.45, 2.75) is 12.5 Å². The summed E-state index contributed by atoms with van der Waals surface area (Å²) in [6.45, 7) is 1.64. The van der Waals surface area contributed by atoms with E-state index in [0.717, 1.165) is 16.6 Å². The normalized spacial score (nSPS) is 15.6. The van der Waals surface area contributed by atoms with Gasteiger partial charge in [0.25, 0.3) is 0 Å². The molecule has 0 aromatic carbocycles. The number of pyridine rings is 1. The number of aromatic amines is 1. The van der Waals surface area contributed by atoms with Gasteiger partial charge in [0.1, 0.15) is 0 Å². The third-order valence-corrected chi connectivity index (χ3v) is 2.35. The molecule has 0 spiro atoms. The van der Waals surface area contributed by atoms with Gasteiger partial charge in [-0.1, -0.05) is 0 Å². The zero-order valence-corrected chi connectivity index (χ0v) is 7.99. The number of hydrogen-bond acceptors (Lipinski definition) is 3. The van der Waals surface area contributed by atoms with E-state index in [0.29, 0.717) is 0 Å². The molecule has 2 heterocycles. The van der Waals surface area contributed by atoms with E-state index in [1.54, 1.807) is 13.1 Å². The van der Waals surface area contributed by atoms with Crippen LogP contribution in [0.5, 0.6) is 0 Å². The lowest BCUT2D eigenvalue weighted by molar-refractivity contribution is 0.208. The van der Waals surface area contributed by atoms with Crippen molar-refractivity contribution in [3.63, 3.8) is 0 Å². The number of aliphatic hydroxyl groups is 1. The molecule has 1 unspecified atom stereocenters. The fraction of sp³-hybridized carbons (Fsp3) is 0.300. The van der Waals surface area contributed by atoms with Crippen molar-refractivity contribution in [3.8, 4) is 0 Å². The molecule has 2 aromatic rings. The molecule has 0 fully saturated rings. The van der Waals surface area contributed by atoms with Gasteiger partial charge in [0, 0.05) is 23.3 Å². The number of H-pyrrole nitrogens is 1. The Morgan fingerprint density at radius 2 is 2.36 bits per heavy atom. The lowest BCUT2D eigenvalue weighted by atomic mass is 9.97. The molecule has 2 aromatic heterocycles. The highest BCUT2D eigenvalue weighted by Gasteiger charge is 2.24. The standard InChI is InChI=1S/C10H13N3O/c1-10(11,6-14)9-7-2-4-12-8(7)3-5-13-9/h2-5,12,14H,6,11H2,1H3. The summed E-state index contributed by atoms with van der Waals surface area (Å²) in [6.07, 6.45) is 3.53. The minimum absolute atomic E-state index is 0.121. The van der Waals surface area contributed by atoms with Gasteiger partial charge in [-0.3, -0.25) is 4.98 Å². The van der Waals surface area contributed by atoms with Gasteiger partial charge in [-0.2, -0.15) is 0 Å². The Morgan fingerprint density at radius 3 is 3.07 bits per heavy atom. The first kappa shape index (κ1) is 9.18. The number of nitrogens with zero attached hydrogens (tertiary/aromatic N) is 1. The summed E-state index contributed by atoms with van der Waals surface area (Å²) in [5.74, 6) is 0. The molecule has 0 aliphatic carbocycles. The molecule has 1 atom stereocenters. The topological polar surface area (TPSA) is 74.9 Å². The molecule has 2 rings (SSSR count). The Kier molecular flexibility index (Phi) is 2.02. The molecular weight excluding hydrogens is 178 g/mol. The van der Waals surface area contributed by atoms with Crippen molar-refractivity contribution in [1.82, 2.24) is 9.97 Å². The van der Waals surface area contributed by atoms with Crippen LogP contribution >= 0.6 is 0 Å².